The van der Waals surface area contributed by atoms with E-state index in [0.29, 0.717) is 10.9 Å². The van der Waals surface area contributed by atoms with Gasteiger partial charge in [-0.05, 0) is 53.5 Å². The zero-order valence-electron chi connectivity index (χ0n) is 17.9. The van der Waals surface area contributed by atoms with Crippen LogP contribution in [0.15, 0.2) is 79.0 Å². The Bertz CT molecular complexity index is 1090. The zero-order chi connectivity index (χ0) is 21.7. The highest BCUT2D eigenvalue weighted by atomic mass is 32.2. The Kier molecular flexibility index (Phi) is 7.01. The summed E-state index contributed by atoms with van der Waals surface area (Å²) in [5.41, 5.74) is 10.1. The van der Waals surface area contributed by atoms with Gasteiger partial charge in [0.05, 0.1) is 5.03 Å². The Morgan fingerprint density at radius 3 is 2.40 bits per heavy atom. The minimum Gasteiger partial charge on any atom is -0.394 e. The molecular weight excluding hydrogens is 386 g/mol. The number of hydrogen-bond donors (Lipinski definition) is 2. The maximum Gasteiger partial charge on any atom is 0.130 e. The van der Waals surface area contributed by atoms with Crippen LogP contribution in [0.2, 0.25) is 0 Å². The van der Waals surface area contributed by atoms with Crippen molar-refractivity contribution < 1.29 is 0 Å². The van der Waals surface area contributed by atoms with E-state index in [2.05, 4.69) is 85.8 Å². The Labute approximate surface area is 183 Å². The monoisotopic (exact) mass is 415 g/mol. The molecule has 0 aliphatic heterocycles. The van der Waals surface area contributed by atoms with Gasteiger partial charge in [0.1, 0.15) is 5.82 Å². The van der Waals surface area contributed by atoms with Gasteiger partial charge in [0.15, 0.2) is 0 Å². The number of nitrogens with one attached hydrogen (secondary N) is 1. The van der Waals surface area contributed by atoms with Gasteiger partial charge in [0, 0.05) is 22.2 Å². The Balaban J connectivity index is 1.80. The van der Waals surface area contributed by atoms with Crippen LogP contribution in [0, 0.1) is 5.92 Å². The van der Waals surface area contributed by atoms with Crippen molar-refractivity contribution in [1.29, 1.82) is 0 Å². The number of pyridine rings is 1. The Morgan fingerprint density at radius 2 is 1.77 bits per heavy atom. The standard InChI is InChI=1S/C26H29N3S/c1-6-25(30-19(5)27)22-11-12-23-16-28-26(15-24(23)14-22)29-18(4)21-9-7-20(8-10-21)13-17(2)3/h6-12,14-17H,4-5,13,27H2,1-3H3,(H,28,29)/b25-6-. The van der Waals surface area contributed by atoms with E-state index in [1.807, 2.05) is 19.2 Å². The molecule has 3 N–H and O–H groups in total. The minimum atomic E-state index is 0.580. The van der Waals surface area contributed by atoms with Gasteiger partial charge < -0.3 is 11.1 Å². The predicted molar refractivity (Wildman–Crippen MR) is 134 cm³/mol. The van der Waals surface area contributed by atoms with Crippen molar-refractivity contribution in [3.63, 3.8) is 0 Å². The van der Waals surface area contributed by atoms with Gasteiger partial charge in [0.25, 0.3) is 0 Å². The summed E-state index contributed by atoms with van der Waals surface area (Å²) in [5.74, 6) is 1.42. The van der Waals surface area contributed by atoms with Crippen LogP contribution in [0.5, 0.6) is 0 Å². The lowest BCUT2D eigenvalue weighted by atomic mass is 10.0. The van der Waals surface area contributed by atoms with Crippen molar-refractivity contribution in [3.8, 4) is 0 Å². The maximum atomic E-state index is 5.78. The summed E-state index contributed by atoms with van der Waals surface area (Å²) in [4.78, 5) is 5.63. The average molecular weight is 416 g/mol. The van der Waals surface area contributed by atoms with Crippen LogP contribution in [0.3, 0.4) is 0 Å². The van der Waals surface area contributed by atoms with Crippen LogP contribution in [0.1, 0.15) is 37.5 Å². The van der Waals surface area contributed by atoms with Crippen LogP contribution < -0.4 is 11.1 Å². The fourth-order valence-electron chi connectivity index (χ4n) is 3.33. The lowest BCUT2D eigenvalue weighted by Crippen LogP contribution is -2.00. The van der Waals surface area contributed by atoms with Crippen molar-refractivity contribution in [2.24, 2.45) is 11.7 Å². The first-order chi connectivity index (χ1) is 14.4. The first-order valence-electron chi connectivity index (χ1n) is 10.1. The summed E-state index contributed by atoms with van der Waals surface area (Å²) in [6, 6.07) is 16.9. The Hall–Kier alpha value is -2.98. The molecule has 2 aromatic carbocycles. The third-order valence-electron chi connectivity index (χ3n) is 4.73. The van der Waals surface area contributed by atoms with Crippen molar-refractivity contribution in [2.75, 3.05) is 5.32 Å². The van der Waals surface area contributed by atoms with E-state index in [9.17, 15) is 0 Å². The first-order valence-corrected chi connectivity index (χ1v) is 10.9. The summed E-state index contributed by atoms with van der Waals surface area (Å²) >= 11 is 1.48. The van der Waals surface area contributed by atoms with Gasteiger partial charge >= 0.3 is 0 Å². The number of thioether (sulfide) groups is 1. The van der Waals surface area contributed by atoms with Crippen molar-refractivity contribution >= 4 is 39.0 Å². The van der Waals surface area contributed by atoms with E-state index in [4.69, 9.17) is 5.73 Å². The number of anilines is 1. The molecule has 3 nitrogen and oxygen atoms in total. The van der Waals surface area contributed by atoms with Crippen LogP contribution in [0.25, 0.3) is 21.4 Å². The van der Waals surface area contributed by atoms with Crippen LogP contribution in [0.4, 0.5) is 5.82 Å². The topological polar surface area (TPSA) is 50.9 Å². The molecule has 0 aliphatic rings. The molecule has 3 aromatic rings. The fraction of sp³-hybridized carbons (Fsp3) is 0.192. The molecule has 1 heterocycles. The summed E-state index contributed by atoms with van der Waals surface area (Å²) < 4.78 is 0. The molecular formula is C26H29N3S. The van der Waals surface area contributed by atoms with Gasteiger partial charge in [-0.15, -0.1) is 0 Å². The molecule has 0 saturated carbocycles. The average Bonchev–Trinajstić information content (AvgIpc) is 2.71. The molecule has 0 fully saturated rings. The van der Waals surface area contributed by atoms with Crippen LogP contribution in [-0.2, 0) is 6.42 Å². The maximum absolute atomic E-state index is 5.78. The molecule has 154 valence electrons. The number of hydrogen-bond acceptors (Lipinski definition) is 4. The number of benzene rings is 2. The number of nitrogens with zero attached hydrogens (tertiary/aromatic N) is 1. The van der Waals surface area contributed by atoms with Crippen LogP contribution in [-0.4, -0.2) is 4.98 Å². The molecule has 30 heavy (non-hydrogen) atoms. The van der Waals surface area contributed by atoms with Gasteiger partial charge in [-0.3, -0.25) is 0 Å². The van der Waals surface area contributed by atoms with Gasteiger partial charge in [-0.2, -0.15) is 0 Å². The lowest BCUT2D eigenvalue weighted by Gasteiger charge is -2.12. The SMILES string of the molecule is C=C(N)S/C(=C\C)c1ccc2cnc(NC(=C)c3ccc(CC(C)C)cc3)cc2c1. The van der Waals surface area contributed by atoms with E-state index in [0.717, 1.165) is 44.7 Å². The normalized spacial score (nSPS) is 11.7. The quantitative estimate of drug-likeness (QED) is 0.414. The molecule has 0 saturated heterocycles. The summed E-state index contributed by atoms with van der Waals surface area (Å²) in [6.45, 7) is 14.5. The van der Waals surface area contributed by atoms with E-state index >= 15 is 0 Å². The molecule has 0 radical (unpaired) electrons. The molecule has 0 unspecified atom stereocenters. The molecule has 0 spiro atoms. The number of allylic oxidation sites excluding steroid dienone is 1. The van der Waals surface area contributed by atoms with Crippen molar-refractivity contribution in [2.45, 2.75) is 27.2 Å². The second-order valence-corrected chi connectivity index (χ2v) is 8.92. The third-order valence-corrected chi connectivity index (χ3v) is 5.69. The number of rotatable bonds is 8. The first kappa shape index (κ1) is 21.7. The number of fused-ring (bicyclic) bond motifs is 1. The van der Waals surface area contributed by atoms with E-state index < -0.39 is 0 Å². The Morgan fingerprint density at radius 1 is 1.07 bits per heavy atom. The summed E-state index contributed by atoms with van der Waals surface area (Å²) in [6.07, 6.45) is 5.01. The molecule has 3 rings (SSSR count). The van der Waals surface area contributed by atoms with Gasteiger partial charge in [-0.1, -0.05) is 81.2 Å². The summed E-state index contributed by atoms with van der Waals surface area (Å²) in [7, 11) is 0. The zero-order valence-corrected chi connectivity index (χ0v) is 18.7. The number of nitrogens with two attached hydrogens (primary N) is 1. The van der Waals surface area contributed by atoms with Gasteiger partial charge in [0.2, 0.25) is 0 Å². The van der Waals surface area contributed by atoms with Crippen molar-refractivity contribution in [3.05, 3.63) is 95.7 Å². The lowest BCUT2D eigenvalue weighted by molar-refractivity contribution is 0.647. The van der Waals surface area contributed by atoms with Crippen LogP contribution >= 0.6 is 11.8 Å². The smallest absolute Gasteiger partial charge is 0.130 e. The van der Waals surface area contributed by atoms with Crippen molar-refractivity contribution in [1.82, 2.24) is 4.98 Å². The van der Waals surface area contributed by atoms with E-state index in [1.165, 1.54) is 17.3 Å². The molecule has 0 atom stereocenters. The van der Waals surface area contributed by atoms with E-state index in [-0.39, 0.29) is 0 Å². The number of aromatic nitrogens is 1. The highest BCUT2D eigenvalue weighted by molar-refractivity contribution is 8.11. The largest absolute Gasteiger partial charge is 0.394 e. The minimum absolute atomic E-state index is 0.580. The second-order valence-electron chi connectivity index (χ2n) is 7.75. The third kappa shape index (κ3) is 5.55. The fourth-order valence-corrected chi connectivity index (χ4v) is 3.97. The molecule has 0 bridgehead atoms. The molecule has 4 heteroatoms. The molecule has 0 aliphatic carbocycles. The highest BCUT2D eigenvalue weighted by Gasteiger charge is 2.07. The van der Waals surface area contributed by atoms with Gasteiger partial charge in [-0.25, -0.2) is 4.98 Å². The molecule has 0 amide bonds. The van der Waals surface area contributed by atoms with E-state index in [1.54, 1.807) is 0 Å². The predicted octanol–water partition coefficient (Wildman–Crippen LogP) is 7.04. The second kappa shape index (κ2) is 9.68. The molecule has 1 aromatic heterocycles. The summed E-state index contributed by atoms with van der Waals surface area (Å²) in [5, 5.41) is 6.11. The highest BCUT2D eigenvalue weighted by Crippen LogP contribution is 2.32.